The fourth-order valence-corrected chi connectivity index (χ4v) is 10.7. The van der Waals surface area contributed by atoms with Crippen molar-refractivity contribution in [1.82, 2.24) is 0 Å². The van der Waals surface area contributed by atoms with Gasteiger partial charge in [0.2, 0.25) is 0 Å². The van der Waals surface area contributed by atoms with Gasteiger partial charge in [0.05, 0.1) is 0 Å². The first kappa shape index (κ1) is 26.0. The van der Waals surface area contributed by atoms with E-state index in [-0.39, 0.29) is 10.8 Å². The van der Waals surface area contributed by atoms with Gasteiger partial charge in [-0.3, -0.25) is 0 Å². The van der Waals surface area contributed by atoms with E-state index in [1.165, 1.54) is 113 Å². The van der Waals surface area contributed by atoms with Crippen LogP contribution in [0, 0.1) is 16.7 Å². The lowest BCUT2D eigenvalue weighted by molar-refractivity contribution is -0.130. The van der Waals surface area contributed by atoms with Crippen LogP contribution in [0.25, 0.3) is 0 Å². The predicted octanol–water partition coefficient (Wildman–Crippen LogP) is 10.1. The highest BCUT2D eigenvalue weighted by atomic mass is 32.2. The van der Waals surface area contributed by atoms with Gasteiger partial charge in [-0.2, -0.15) is 11.8 Å². The molecule has 0 heterocycles. The van der Waals surface area contributed by atoms with Crippen LogP contribution in [-0.2, 0) is 16.6 Å². The lowest BCUT2D eigenvalue weighted by Gasteiger charge is -2.67. The molecule has 4 bridgehead atoms. The molecule has 0 radical (unpaired) electrons. The van der Waals surface area contributed by atoms with E-state index in [4.69, 9.17) is 0 Å². The summed E-state index contributed by atoms with van der Waals surface area (Å²) in [5.41, 5.74) is 5.32. The van der Waals surface area contributed by atoms with Gasteiger partial charge < -0.3 is 5.11 Å². The molecule has 1 aromatic rings. The summed E-state index contributed by atoms with van der Waals surface area (Å²) >= 11 is 2.14. The number of hydrogen-bond acceptors (Lipinski definition) is 2. The Kier molecular flexibility index (Phi) is 7.13. The molecular weight excluding hydrogens is 444 g/mol. The molecule has 1 N–H and O–H groups in total. The van der Waals surface area contributed by atoms with Gasteiger partial charge in [0.15, 0.2) is 0 Å². The van der Waals surface area contributed by atoms with Gasteiger partial charge in [-0.05, 0) is 79.1 Å². The van der Waals surface area contributed by atoms with Crippen molar-refractivity contribution in [3.05, 3.63) is 28.8 Å². The zero-order valence-electron chi connectivity index (χ0n) is 23.5. The Labute approximate surface area is 220 Å². The average molecular weight is 497 g/mol. The summed E-state index contributed by atoms with van der Waals surface area (Å²) in [7, 11) is 0. The molecule has 0 aliphatic heterocycles. The second kappa shape index (κ2) is 9.59. The van der Waals surface area contributed by atoms with Crippen LogP contribution in [0.3, 0.4) is 0 Å². The number of aromatic hydroxyl groups is 1. The van der Waals surface area contributed by atoms with Crippen LogP contribution >= 0.6 is 11.8 Å². The lowest BCUT2D eigenvalue weighted by Crippen LogP contribution is -2.58. The standard InChI is InChI=1S/C33H52OS/c1-6-31-17-24-18-32(7-2,21-31)23-33(19-24,22-31)28-16-26(30(3,4)5)15-25(29(28)34)20-35-27-13-11-9-8-10-12-14-27/h15-16,24,27,34H,6-14,17-23H2,1-5H3. The number of benzene rings is 1. The van der Waals surface area contributed by atoms with Gasteiger partial charge >= 0.3 is 0 Å². The summed E-state index contributed by atoms with van der Waals surface area (Å²) in [6, 6.07) is 4.85. The van der Waals surface area contributed by atoms with E-state index in [1.54, 1.807) is 0 Å². The molecular formula is C33H52OS. The van der Waals surface area contributed by atoms with Crippen molar-refractivity contribution < 1.29 is 5.11 Å². The first-order valence-electron chi connectivity index (χ1n) is 15.1. The lowest BCUT2D eigenvalue weighted by atomic mass is 9.37. The third kappa shape index (κ3) is 4.96. The molecule has 5 aliphatic rings. The van der Waals surface area contributed by atoms with Gasteiger partial charge in [0.25, 0.3) is 0 Å². The molecule has 0 aromatic heterocycles. The summed E-state index contributed by atoms with van der Waals surface area (Å²) in [4.78, 5) is 0. The normalized spacial score (nSPS) is 35.7. The zero-order valence-corrected chi connectivity index (χ0v) is 24.3. The van der Waals surface area contributed by atoms with E-state index in [0.717, 1.165) is 16.9 Å². The van der Waals surface area contributed by atoms with Gasteiger partial charge in [-0.15, -0.1) is 0 Å². The Morgan fingerprint density at radius 2 is 1.46 bits per heavy atom. The second-order valence-corrected chi connectivity index (χ2v) is 15.8. The van der Waals surface area contributed by atoms with E-state index >= 15 is 0 Å². The number of phenolic OH excluding ortho intramolecular Hbond substituents is 1. The van der Waals surface area contributed by atoms with Crippen LogP contribution in [0.4, 0.5) is 0 Å². The molecule has 35 heavy (non-hydrogen) atoms. The first-order valence-corrected chi connectivity index (χ1v) is 16.1. The van der Waals surface area contributed by atoms with Crippen LogP contribution in [-0.4, -0.2) is 10.4 Å². The molecule has 0 saturated heterocycles. The van der Waals surface area contributed by atoms with E-state index in [0.29, 0.717) is 16.6 Å². The summed E-state index contributed by atoms with van der Waals surface area (Å²) in [6.45, 7) is 12.0. The molecule has 6 rings (SSSR count). The molecule has 1 aromatic carbocycles. The highest BCUT2D eigenvalue weighted by Gasteiger charge is 2.62. The topological polar surface area (TPSA) is 20.2 Å². The van der Waals surface area contributed by atoms with Crippen molar-refractivity contribution in [3.8, 4) is 5.75 Å². The molecule has 5 fully saturated rings. The van der Waals surface area contributed by atoms with Crippen LogP contribution in [0.5, 0.6) is 5.75 Å². The summed E-state index contributed by atoms with van der Waals surface area (Å²) in [6.07, 6.45) is 20.6. The molecule has 1 nitrogen and oxygen atoms in total. The molecule has 5 aliphatic carbocycles. The largest absolute Gasteiger partial charge is 0.507 e. The SMILES string of the molecule is CCC12CC3CC(CC)(C1)CC(c1cc(C(C)(C)C)cc(CSC4CCCCCCC4)c1O)(C3)C2. The van der Waals surface area contributed by atoms with Gasteiger partial charge in [-0.1, -0.05) is 91.7 Å². The van der Waals surface area contributed by atoms with Gasteiger partial charge in [0.1, 0.15) is 5.75 Å². The Bertz CT molecular complexity index is 882. The van der Waals surface area contributed by atoms with Crippen LogP contribution < -0.4 is 0 Å². The van der Waals surface area contributed by atoms with Gasteiger partial charge in [0, 0.05) is 27.5 Å². The first-order chi connectivity index (χ1) is 16.6. The summed E-state index contributed by atoms with van der Waals surface area (Å²) < 4.78 is 0. The maximum absolute atomic E-state index is 12.0. The third-order valence-corrected chi connectivity index (χ3v) is 12.4. The van der Waals surface area contributed by atoms with E-state index in [9.17, 15) is 5.11 Å². The van der Waals surface area contributed by atoms with Crippen molar-refractivity contribution in [2.45, 2.75) is 153 Å². The van der Waals surface area contributed by atoms with E-state index in [2.05, 4.69) is 58.5 Å². The maximum atomic E-state index is 12.0. The molecule has 5 saturated carbocycles. The average Bonchev–Trinajstić information content (AvgIpc) is 2.77. The molecule has 2 atom stereocenters. The third-order valence-electron chi connectivity index (χ3n) is 11.0. The number of rotatable bonds is 6. The fraction of sp³-hybridized carbons (Fsp3) is 0.818. The van der Waals surface area contributed by atoms with Crippen LogP contribution in [0.1, 0.15) is 148 Å². The number of phenols is 1. The fourth-order valence-electron chi connectivity index (χ4n) is 9.37. The van der Waals surface area contributed by atoms with E-state index < -0.39 is 0 Å². The van der Waals surface area contributed by atoms with E-state index in [1.807, 2.05) is 0 Å². The van der Waals surface area contributed by atoms with Crippen molar-refractivity contribution in [2.24, 2.45) is 16.7 Å². The highest BCUT2D eigenvalue weighted by Crippen LogP contribution is 2.72. The minimum atomic E-state index is 0.106. The summed E-state index contributed by atoms with van der Waals surface area (Å²) in [5, 5.41) is 12.7. The van der Waals surface area contributed by atoms with Crippen molar-refractivity contribution >= 4 is 11.8 Å². The minimum Gasteiger partial charge on any atom is -0.507 e. The number of hydrogen-bond donors (Lipinski definition) is 1. The Balaban J connectivity index is 1.51. The molecule has 0 spiro atoms. The molecule has 2 unspecified atom stereocenters. The predicted molar refractivity (Wildman–Crippen MR) is 153 cm³/mol. The van der Waals surface area contributed by atoms with Crippen molar-refractivity contribution in [3.63, 3.8) is 0 Å². The Morgan fingerprint density at radius 3 is 2.03 bits per heavy atom. The van der Waals surface area contributed by atoms with Crippen molar-refractivity contribution in [2.75, 3.05) is 0 Å². The second-order valence-electron chi connectivity index (χ2n) is 14.6. The van der Waals surface area contributed by atoms with Crippen LogP contribution in [0.2, 0.25) is 0 Å². The molecule has 2 heteroatoms. The van der Waals surface area contributed by atoms with Crippen LogP contribution in [0.15, 0.2) is 12.1 Å². The minimum absolute atomic E-state index is 0.106. The monoisotopic (exact) mass is 496 g/mol. The zero-order chi connectivity index (χ0) is 24.9. The quantitative estimate of drug-likeness (QED) is 0.423. The maximum Gasteiger partial charge on any atom is 0.123 e. The molecule has 0 amide bonds. The Morgan fingerprint density at radius 1 is 0.857 bits per heavy atom. The number of thioether (sulfide) groups is 1. The smallest absolute Gasteiger partial charge is 0.123 e. The molecule has 196 valence electrons. The summed E-state index contributed by atoms with van der Waals surface area (Å²) in [5.74, 6) is 2.51. The Hall–Kier alpha value is -0.630. The van der Waals surface area contributed by atoms with Gasteiger partial charge in [-0.25, -0.2) is 0 Å². The highest BCUT2D eigenvalue weighted by molar-refractivity contribution is 7.99. The van der Waals surface area contributed by atoms with Crippen molar-refractivity contribution in [1.29, 1.82) is 0 Å².